The van der Waals surface area contributed by atoms with Crippen molar-refractivity contribution in [2.75, 3.05) is 5.32 Å². The van der Waals surface area contributed by atoms with Crippen LogP contribution in [-0.2, 0) is 6.54 Å². The van der Waals surface area contributed by atoms with Gasteiger partial charge in [0, 0.05) is 10.6 Å². The summed E-state index contributed by atoms with van der Waals surface area (Å²) in [6.07, 6.45) is 1.69. The molecule has 0 fully saturated rings. The molecule has 6 heteroatoms. The Morgan fingerprint density at radius 2 is 2.12 bits per heavy atom. The Hall–Kier alpha value is -2.97. The number of hydrogen-bond acceptors (Lipinski definition) is 5. The number of anilines is 1. The van der Waals surface area contributed by atoms with Gasteiger partial charge in [-0.25, -0.2) is 4.98 Å². The number of nitrogens with zero attached hydrogens (tertiary/aromatic N) is 2. The summed E-state index contributed by atoms with van der Waals surface area (Å²) in [5.41, 5.74) is 2.14. The topological polar surface area (TPSA) is 71.1 Å². The Morgan fingerprint density at radius 3 is 2.85 bits per heavy atom. The van der Waals surface area contributed by atoms with Crippen LogP contribution in [0.5, 0.6) is 5.75 Å². The van der Waals surface area contributed by atoms with Crippen LogP contribution in [0.2, 0.25) is 5.02 Å². The monoisotopic (exact) mass is 367 g/mol. The van der Waals surface area contributed by atoms with Crippen LogP contribution in [-0.4, -0.2) is 11.1 Å². The minimum atomic E-state index is 0.0275. The van der Waals surface area contributed by atoms with Gasteiger partial charge in [0.05, 0.1) is 36.2 Å². The van der Waals surface area contributed by atoms with Crippen molar-refractivity contribution in [1.29, 1.82) is 5.26 Å². The molecule has 1 heterocycles. The second kappa shape index (κ2) is 7.94. The van der Waals surface area contributed by atoms with Crippen LogP contribution in [0.4, 0.5) is 5.69 Å². The molecule has 3 rings (SSSR count). The van der Waals surface area contributed by atoms with E-state index < -0.39 is 0 Å². The second-order valence-corrected chi connectivity index (χ2v) is 6.41. The number of ether oxygens (including phenoxy) is 1. The minimum Gasteiger partial charge on any atom is -0.489 e. The number of halogens is 1. The van der Waals surface area contributed by atoms with Gasteiger partial charge in [0.25, 0.3) is 0 Å². The fraction of sp³-hybridized carbons (Fsp3) is 0.200. The summed E-state index contributed by atoms with van der Waals surface area (Å²) in [5.74, 6) is 1.85. The number of hydrogen-bond donors (Lipinski definition) is 1. The van der Waals surface area contributed by atoms with E-state index in [1.54, 1.807) is 24.4 Å². The molecule has 0 unspecified atom stereocenters. The van der Waals surface area contributed by atoms with Crippen molar-refractivity contribution in [2.45, 2.75) is 26.5 Å². The highest BCUT2D eigenvalue weighted by atomic mass is 35.5. The minimum absolute atomic E-state index is 0.0275. The molecular weight excluding hydrogens is 350 g/mol. The van der Waals surface area contributed by atoms with E-state index in [1.165, 1.54) is 0 Å². The van der Waals surface area contributed by atoms with Gasteiger partial charge in [0.15, 0.2) is 5.76 Å². The second-order valence-electron chi connectivity index (χ2n) is 5.97. The SMILES string of the molecule is CC(C)Oc1ccc(C#N)cc1NCc1ncc(-c2cccc(Cl)c2)o1. The summed E-state index contributed by atoms with van der Waals surface area (Å²) in [7, 11) is 0. The van der Waals surface area contributed by atoms with E-state index in [9.17, 15) is 0 Å². The third-order valence-corrected chi connectivity index (χ3v) is 3.80. The fourth-order valence-corrected chi connectivity index (χ4v) is 2.62. The molecule has 0 spiro atoms. The molecule has 0 amide bonds. The van der Waals surface area contributed by atoms with Crippen molar-refractivity contribution in [3.8, 4) is 23.1 Å². The lowest BCUT2D eigenvalue weighted by molar-refractivity contribution is 0.243. The molecule has 2 aromatic carbocycles. The third kappa shape index (κ3) is 4.35. The van der Waals surface area contributed by atoms with E-state index in [0.29, 0.717) is 34.5 Å². The van der Waals surface area contributed by atoms with Gasteiger partial charge < -0.3 is 14.5 Å². The van der Waals surface area contributed by atoms with Gasteiger partial charge in [-0.1, -0.05) is 23.7 Å². The molecule has 0 bridgehead atoms. The summed E-state index contributed by atoms with van der Waals surface area (Å²) in [5, 5.41) is 13.0. The van der Waals surface area contributed by atoms with Crippen LogP contribution in [0.3, 0.4) is 0 Å². The molecule has 5 nitrogen and oxygen atoms in total. The summed E-state index contributed by atoms with van der Waals surface area (Å²) >= 11 is 6.02. The predicted molar refractivity (Wildman–Crippen MR) is 101 cm³/mol. The molecule has 0 atom stereocenters. The Labute approximate surface area is 157 Å². The molecule has 0 aliphatic carbocycles. The molecule has 0 radical (unpaired) electrons. The molecular formula is C20H18ClN3O2. The van der Waals surface area contributed by atoms with E-state index in [2.05, 4.69) is 16.4 Å². The van der Waals surface area contributed by atoms with Gasteiger partial charge in [-0.05, 0) is 44.2 Å². The normalized spacial score (nSPS) is 10.6. The van der Waals surface area contributed by atoms with Crippen LogP contribution >= 0.6 is 11.6 Å². The molecule has 1 aromatic heterocycles. The largest absolute Gasteiger partial charge is 0.489 e. The quantitative estimate of drug-likeness (QED) is 0.642. The van der Waals surface area contributed by atoms with E-state index in [0.717, 1.165) is 11.3 Å². The molecule has 1 N–H and O–H groups in total. The number of oxazole rings is 1. The summed E-state index contributed by atoms with van der Waals surface area (Å²) < 4.78 is 11.6. The number of aromatic nitrogens is 1. The van der Waals surface area contributed by atoms with Crippen molar-refractivity contribution in [1.82, 2.24) is 4.98 Å². The first kappa shape index (κ1) is 17.8. The number of benzene rings is 2. The Kier molecular flexibility index (Phi) is 5.45. The molecule has 0 saturated carbocycles. The van der Waals surface area contributed by atoms with E-state index in [1.807, 2.05) is 38.1 Å². The zero-order valence-corrected chi connectivity index (χ0v) is 15.2. The van der Waals surface area contributed by atoms with Gasteiger partial charge in [0.2, 0.25) is 5.89 Å². The zero-order valence-electron chi connectivity index (χ0n) is 14.5. The summed E-state index contributed by atoms with van der Waals surface area (Å²) in [6, 6.07) is 14.8. The van der Waals surface area contributed by atoms with Crippen molar-refractivity contribution in [2.24, 2.45) is 0 Å². The van der Waals surface area contributed by atoms with Gasteiger partial charge >= 0.3 is 0 Å². The zero-order chi connectivity index (χ0) is 18.5. The maximum Gasteiger partial charge on any atom is 0.214 e. The average molecular weight is 368 g/mol. The van der Waals surface area contributed by atoms with Crippen LogP contribution in [0.1, 0.15) is 25.3 Å². The highest BCUT2D eigenvalue weighted by Gasteiger charge is 2.10. The Bertz CT molecular complexity index is 944. The first-order valence-electron chi connectivity index (χ1n) is 8.20. The lowest BCUT2D eigenvalue weighted by Gasteiger charge is -2.15. The lowest BCUT2D eigenvalue weighted by atomic mass is 10.2. The van der Waals surface area contributed by atoms with Gasteiger partial charge in [-0.15, -0.1) is 0 Å². The Morgan fingerprint density at radius 1 is 1.27 bits per heavy atom. The van der Waals surface area contributed by atoms with Crippen molar-refractivity contribution >= 4 is 17.3 Å². The van der Waals surface area contributed by atoms with Crippen LogP contribution in [0.25, 0.3) is 11.3 Å². The average Bonchev–Trinajstić information content (AvgIpc) is 3.09. The molecule has 0 saturated heterocycles. The Balaban J connectivity index is 1.76. The number of nitriles is 1. The van der Waals surface area contributed by atoms with E-state index in [-0.39, 0.29) is 6.10 Å². The van der Waals surface area contributed by atoms with E-state index >= 15 is 0 Å². The first-order valence-corrected chi connectivity index (χ1v) is 8.58. The fourth-order valence-electron chi connectivity index (χ4n) is 2.43. The van der Waals surface area contributed by atoms with Crippen molar-refractivity contribution < 1.29 is 9.15 Å². The van der Waals surface area contributed by atoms with Gasteiger partial charge in [-0.2, -0.15) is 5.26 Å². The highest BCUT2D eigenvalue weighted by Crippen LogP contribution is 2.28. The van der Waals surface area contributed by atoms with Crippen LogP contribution in [0.15, 0.2) is 53.1 Å². The molecule has 132 valence electrons. The van der Waals surface area contributed by atoms with Crippen LogP contribution < -0.4 is 10.1 Å². The smallest absolute Gasteiger partial charge is 0.214 e. The third-order valence-electron chi connectivity index (χ3n) is 3.56. The summed E-state index contributed by atoms with van der Waals surface area (Å²) in [4.78, 5) is 4.29. The predicted octanol–water partition coefficient (Wildman–Crippen LogP) is 5.27. The van der Waals surface area contributed by atoms with Crippen molar-refractivity contribution in [3.63, 3.8) is 0 Å². The number of nitrogens with one attached hydrogen (secondary N) is 1. The standard InChI is InChI=1S/C20H18ClN3O2/c1-13(2)25-18-7-6-14(10-22)8-17(18)23-12-20-24-11-19(26-20)15-4-3-5-16(21)9-15/h3-9,11,13,23H,12H2,1-2H3. The lowest BCUT2D eigenvalue weighted by Crippen LogP contribution is -2.09. The van der Waals surface area contributed by atoms with Gasteiger partial charge in [-0.3, -0.25) is 0 Å². The van der Waals surface area contributed by atoms with Crippen molar-refractivity contribution in [3.05, 3.63) is 65.1 Å². The first-order chi connectivity index (χ1) is 12.5. The number of rotatable bonds is 6. The van der Waals surface area contributed by atoms with Crippen LogP contribution in [0, 0.1) is 11.3 Å². The maximum absolute atomic E-state index is 9.11. The van der Waals surface area contributed by atoms with Gasteiger partial charge in [0.1, 0.15) is 5.75 Å². The molecule has 0 aliphatic rings. The highest BCUT2D eigenvalue weighted by molar-refractivity contribution is 6.30. The summed E-state index contributed by atoms with van der Waals surface area (Å²) in [6.45, 7) is 4.27. The molecule has 3 aromatic rings. The molecule has 26 heavy (non-hydrogen) atoms. The molecule has 0 aliphatic heterocycles. The van der Waals surface area contributed by atoms with E-state index in [4.69, 9.17) is 26.0 Å². The maximum atomic E-state index is 9.11.